The first-order chi connectivity index (χ1) is 17.5. The second-order valence-electron chi connectivity index (χ2n) is 9.85. The summed E-state index contributed by atoms with van der Waals surface area (Å²) in [4.78, 5) is 25.9. The lowest BCUT2D eigenvalue weighted by molar-refractivity contribution is -0.00373. The number of aliphatic hydroxyl groups is 1. The van der Waals surface area contributed by atoms with Gasteiger partial charge in [0.15, 0.2) is 0 Å². The molecule has 1 amide bonds. The topological polar surface area (TPSA) is 83.7 Å². The van der Waals surface area contributed by atoms with Crippen LogP contribution in [0.4, 0.5) is 0 Å². The van der Waals surface area contributed by atoms with E-state index in [2.05, 4.69) is 44.7 Å². The zero-order chi connectivity index (χ0) is 24.9. The van der Waals surface area contributed by atoms with Gasteiger partial charge in [0.2, 0.25) is 0 Å². The molecule has 2 aliphatic rings. The number of aryl methyl sites for hydroxylation is 1. The van der Waals surface area contributed by atoms with Crippen molar-refractivity contribution in [1.29, 1.82) is 0 Å². The Balaban J connectivity index is 1.45. The highest BCUT2D eigenvalue weighted by molar-refractivity contribution is 5.95. The molecule has 0 bridgehead atoms. The molecule has 36 heavy (non-hydrogen) atoms. The van der Waals surface area contributed by atoms with Crippen molar-refractivity contribution in [2.75, 3.05) is 33.4 Å². The number of hydrogen-bond donors (Lipinski definition) is 1. The van der Waals surface area contributed by atoms with Gasteiger partial charge < -0.3 is 19.3 Å². The predicted octanol–water partition coefficient (Wildman–Crippen LogP) is 2.92. The summed E-state index contributed by atoms with van der Waals surface area (Å²) in [5.41, 5.74) is 4.86. The molecule has 1 spiro atoms. The predicted molar refractivity (Wildman–Crippen MR) is 136 cm³/mol. The van der Waals surface area contributed by atoms with Gasteiger partial charge in [-0.1, -0.05) is 6.07 Å². The first kappa shape index (κ1) is 22.7. The van der Waals surface area contributed by atoms with Crippen LogP contribution in [0.5, 0.6) is 5.75 Å². The molecule has 0 saturated carbocycles. The number of aromatic nitrogens is 3. The highest BCUT2D eigenvalue weighted by Crippen LogP contribution is 2.50. The number of fused-ring (bicyclic) bond motifs is 4. The summed E-state index contributed by atoms with van der Waals surface area (Å²) < 4.78 is 7.70. The van der Waals surface area contributed by atoms with Crippen molar-refractivity contribution in [3.63, 3.8) is 0 Å². The number of aliphatic hydroxyl groups excluding tert-OH is 1. The number of nitrogens with zero attached hydrogens (tertiary/aromatic N) is 5. The molecule has 4 aromatic rings. The largest absolute Gasteiger partial charge is 0.497 e. The van der Waals surface area contributed by atoms with Crippen LogP contribution in [0.15, 0.2) is 67.3 Å². The summed E-state index contributed by atoms with van der Waals surface area (Å²) in [5, 5.41) is 11.8. The number of amides is 1. The lowest BCUT2D eigenvalue weighted by Crippen LogP contribution is -2.67. The minimum absolute atomic E-state index is 0.000252. The molecule has 0 aliphatic carbocycles. The first-order valence-electron chi connectivity index (χ1n) is 12.1. The van der Waals surface area contributed by atoms with Crippen LogP contribution in [0.3, 0.4) is 0 Å². The summed E-state index contributed by atoms with van der Waals surface area (Å²) in [6, 6.07) is 13.6. The van der Waals surface area contributed by atoms with Gasteiger partial charge in [0.1, 0.15) is 5.75 Å². The second kappa shape index (κ2) is 8.72. The third-order valence-electron chi connectivity index (χ3n) is 7.71. The molecule has 0 radical (unpaired) electrons. The van der Waals surface area contributed by atoms with Crippen LogP contribution in [-0.2, 0) is 19.0 Å². The molecule has 184 valence electrons. The zero-order valence-corrected chi connectivity index (χ0v) is 20.5. The maximum Gasteiger partial charge on any atom is 0.255 e. The van der Waals surface area contributed by atoms with Gasteiger partial charge in [0, 0.05) is 80.6 Å². The summed E-state index contributed by atoms with van der Waals surface area (Å²) in [6.45, 7) is 2.63. The van der Waals surface area contributed by atoms with Gasteiger partial charge in [-0.2, -0.15) is 0 Å². The van der Waals surface area contributed by atoms with E-state index >= 15 is 0 Å². The van der Waals surface area contributed by atoms with Gasteiger partial charge in [-0.25, -0.2) is 0 Å². The van der Waals surface area contributed by atoms with E-state index in [9.17, 15) is 9.90 Å². The van der Waals surface area contributed by atoms with E-state index < -0.39 is 0 Å². The van der Waals surface area contributed by atoms with Crippen LogP contribution < -0.4 is 4.74 Å². The number of carbonyl (C=O) groups excluding carboxylic acids is 1. The molecule has 1 fully saturated rings. The molecular formula is C28H29N5O3. The van der Waals surface area contributed by atoms with Crippen LogP contribution >= 0.6 is 0 Å². The van der Waals surface area contributed by atoms with Gasteiger partial charge in [0.25, 0.3) is 5.91 Å². The smallest absolute Gasteiger partial charge is 0.255 e. The Kier molecular flexibility index (Phi) is 5.50. The SMILES string of the molecule is COc1ccc2c3c(n(C)c2c1)[C@H](CO)N(Cc1cccnc1)CC31CN(C(=O)c2cccnc2)C1. The molecule has 1 saturated heterocycles. The van der Waals surface area contributed by atoms with Crippen LogP contribution in [0.25, 0.3) is 10.9 Å². The summed E-state index contributed by atoms with van der Waals surface area (Å²) >= 11 is 0. The van der Waals surface area contributed by atoms with E-state index in [4.69, 9.17) is 4.74 Å². The van der Waals surface area contributed by atoms with Gasteiger partial charge in [0.05, 0.1) is 30.8 Å². The number of methoxy groups -OCH3 is 1. The Bertz CT molecular complexity index is 1410. The molecule has 0 unspecified atom stereocenters. The van der Waals surface area contributed by atoms with Crippen LogP contribution in [0, 0.1) is 0 Å². The van der Waals surface area contributed by atoms with E-state index in [1.54, 1.807) is 31.8 Å². The molecule has 1 atom stereocenters. The van der Waals surface area contributed by atoms with Crippen molar-refractivity contribution < 1.29 is 14.6 Å². The van der Waals surface area contributed by atoms with E-state index in [1.807, 2.05) is 29.3 Å². The number of pyridine rings is 2. The molecule has 1 N–H and O–H groups in total. The maximum absolute atomic E-state index is 13.2. The average molecular weight is 484 g/mol. The molecule has 5 heterocycles. The molecule has 1 aromatic carbocycles. The van der Waals surface area contributed by atoms with E-state index in [1.165, 1.54) is 5.56 Å². The highest BCUT2D eigenvalue weighted by Gasteiger charge is 2.54. The Morgan fingerprint density at radius 1 is 1.11 bits per heavy atom. The molecule has 6 rings (SSSR count). The Morgan fingerprint density at radius 3 is 2.56 bits per heavy atom. The number of carbonyl (C=O) groups is 1. The lowest BCUT2D eigenvalue weighted by Gasteiger charge is -2.56. The molecule has 2 aliphatic heterocycles. The summed E-state index contributed by atoms with van der Waals surface area (Å²) in [7, 11) is 3.73. The minimum Gasteiger partial charge on any atom is -0.497 e. The van der Waals surface area contributed by atoms with Crippen molar-refractivity contribution in [2.45, 2.75) is 18.0 Å². The van der Waals surface area contributed by atoms with Gasteiger partial charge in [-0.3, -0.25) is 19.7 Å². The zero-order valence-electron chi connectivity index (χ0n) is 20.5. The quantitative estimate of drug-likeness (QED) is 0.470. The lowest BCUT2D eigenvalue weighted by atomic mass is 9.68. The number of ether oxygens (including phenoxy) is 1. The molecule has 8 heteroatoms. The number of benzene rings is 1. The fraction of sp³-hybridized carbons (Fsp3) is 0.321. The normalized spacial score (nSPS) is 18.8. The van der Waals surface area contributed by atoms with Crippen molar-refractivity contribution in [3.05, 3.63) is 89.6 Å². The highest BCUT2D eigenvalue weighted by atomic mass is 16.5. The second-order valence-corrected chi connectivity index (χ2v) is 9.85. The van der Waals surface area contributed by atoms with Gasteiger partial charge in [-0.15, -0.1) is 0 Å². The van der Waals surface area contributed by atoms with Gasteiger partial charge in [-0.05, 0) is 41.5 Å². The summed E-state index contributed by atoms with van der Waals surface area (Å²) in [5.74, 6) is 0.796. The maximum atomic E-state index is 13.2. The third kappa shape index (κ3) is 3.48. The van der Waals surface area contributed by atoms with Crippen molar-refractivity contribution in [2.24, 2.45) is 7.05 Å². The standard InChI is InChI=1S/C28H29N5O3/c1-31-23-11-21(36-2)7-8-22(23)25-26(31)24(15-34)32(14-19-5-3-9-29-12-19)16-28(25)17-33(18-28)27(35)20-6-4-10-30-13-20/h3-13,24,34H,14-18H2,1-2H3/t24-/m0/s1. The number of rotatable bonds is 5. The fourth-order valence-corrected chi connectivity index (χ4v) is 6.11. The van der Waals surface area contributed by atoms with Gasteiger partial charge >= 0.3 is 0 Å². The van der Waals surface area contributed by atoms with E-state index in [0.29, 0.717) is 25.2 Å². The third-order valence-corrected chi connectivity index (χ3v) is 7.71. The molecule has 3 aromatic heterocycles. The summed E-state index contributed by atoms with van der Waals surface area (Å²) in [6.07, 6.45) is 6.95. The fourth-order valence-electron chi connectivity index (χ4n) is 6.11. The first-order valence-corrected chi connectivity index (χ1v) is 12.1. The Hall–Kier alpha value is -3.75. The Morgan fingerprint density at radius 2 is 1.89 bits per heavy atom. The van der Waals surface area contributed by atoms with E-state index in [-0.39, 0.29) is 24.0 Å². The molecular weight excluding hydrogens is 454 g/mol. The van der Waals surface area contributed by atoms with Crippen molar-refractivity contribution in [3.8, 4) is 5.75 Å². The van der Waals surface area contributed by atoms with E-state index in [0.717, 1.165) is 34.5 Å². The van der Waals surface area contributed by atoms with Crippen LogP contribution in [0.2, 0.25) is 0 Å². The van der Waals surface area contributed by atoms with Crippen LogP contribution in [-0.4, -0.2) is 68.7 Å². The number of hydrogen-bond acceptors (Lipinski definition) is 6. The minimum atomic E-state index is -0.241. The average Bonchev–Trinajstić information content (AvgIpc) is 3.19. The van der Waals surface area contributed by atoms with Crippen LogP contribution in [0.1, 0.15) is 33.2 Å². The van der Waals surface area contributed by atoms with Crippen molar-refractivity contribution >= 4 is 16.8 Å². The number of likely N-dealkylation sites (tertiary alicyclic amines) is 1. The molecule has 8 nitrogen and oxygen atoms in total. The monoisotopic (exact) mass is 483 g/mol. The Labute approximate surface area is 209 Å². The van der Waals surface area contributed by atoms with Crippen molar-refractivity contribution in [1.82, 2.24) is 24.3 Å².